The van der Waals surface area contributed by atoms with E-state index in [1.54, 1.807) is 13.1 Å². The Morgan fingerprint density at radius 2 is 2.55 bits per heavy atom. The average molecular weight is 190 g/mol. The minimum absolute atomic E-state index is 0.203. The zero-order valence-corrected chi connectivity index (χ0v) is 7.71. The fourth-order valence-corrected chi connectivity index (χ4v) is 1.68. The monoisotopic (exact) mass is 189 g/mol. The lowest BCUT2D eigenvalue weighted by atomic mass is 10.2. The van der Waals surface area contributed by atoms with Crippen molar-refractivity contribution in [3.05, 3.63) is 15.5 Å². The van der Waals surface area contributed by atoms with Crippen molar-refractivity contribution in [3.63, 3.8) is 0 Å². The van der Waals surface area contributed by atoms with E-state index in [1.165, 1.54) is 11.3 Å². The molecule has 0 spiro atoms. The largest absolute Gasteiger partial charge is 0.300 e. The van der Waals surface area contributed by atoms with Gasteiger partial charge < -0.3 is 4.79 Å². The molecule has 60 valence electrons. The number of aryl methyl sites for hydroxylation is 1. The third kappa shape index (κ3) is 2.99. The summed E-state index contributed by atoms with van der Waals surface area (Å²) in [6, 6.07) is 0. The molecule has 0 fully saturated rings. The van der Waals surface area contributed by atoms with Crippen molar-refractivity contribution in [1.29, 1.82) is 0 Å². The fraction of sp³-hybridized carbons (Fsp3) is 0.429. The van der Waals surface area contributed by atoms with Crippen molar-refractivity contribution in [2.75, 3.05) is 0 Å². The third-order valence-corrected chi connectivity index (χ3v) is 2.42. The van der Waals surface area contributed by atoms with Gasteiger partial charge in [-0.2, -0.15) is 0 Å². The van der Waals surface area contributed by atoms with Crippen LogP contribution < -0.4 is 0 Å². The minimum Gasteiger partial charge on any atom is -0.300 e. The summed E-state index contributed by atoms with van der Waals surface area (Å²) in [5, 5.41) is 0. The van der Waals surface area contributed by atoms with Gasteiger partial charge in [0.05, 0.1) is 0 Å². The van der Waals surface area contributed by atoms with Crippen LogP contribution in [0.3, 0.4) is 0 Å². The molecule has 0 aliphatic heterocycles. The predicted molar refractivity (Wildman–Crippen MR) is 46.1 cm³/mol. The molecule has 0 saturated heterocycles. The van der Waals surface area contributed by atoms with E-state index in [2.05, 4.69) is 4.98 Å². The number of thiazole rings is 1. The molecule has 0 aliphatic carbocycles. The van der Waals surface area contributed by atoms with Gasteiger partial charge in [0.15, 0.2) is 4.47 Å². The highest BCUT2D eigenvalue weighted by atomic mass is 35.5. The number of hydrogen-bond donors (Lipinski definition) is 0. The lowest BCUT2D eigenvalue weighted by Crippen LogP contribution is -1.91. The van der Waals surface area contributed by atoms with Gasteiger partial charge >= 0.3 is 0 Å². The van der Waals surface area contributed by atoms with Crippen molar-refractivity contribution in [3.8, 4) is 0 Å². The van der Waals surface area contributed by atoms with Crippen LogP contribution in [0.5, 0.6) is 0 Å². The quantitative estimate of drug-likeness (QED) is 0.731. The van der Waals surface area contributed by atoms with E-state index in [1.807, 2.05) is 0 Å². The number of aromatic nitrogens is 1. The molecule has 0 aliphatic rings. The first-order valence-electron chi connectivity index (χ1n) is 3.28. The molecule has 0 saturated carbocycles. The first kappa shape index (κ1) is 8.68. The summed E-state index contributed by atoms with van der Waals surface area (Å²) in [6.07, 6.45) is 3.06. The molecular weight excluding hydrogens is 182 g/mol. The number of Topliss-reactive ketones (excluding diaryl/α,β-unsaturated/α-hetero) is 1. The van der Waals surface area contributed by atoms with E-state index < -0.39 is 0 Å². The summed E-state index contributed by atoms with van der Waals surface area (Å²) >= 11 is 7.03. The highest BCUT2D eigenvalue weighted by Gasteiger charge is 2.00. The molecule has 0 radical (unpaired) electrons. The minimum atomic E-state index is 0.203. The number of hydrogen-bond acceptors (Lipinski definition) is 3. The van der Waals surface area contributed by atoms with E-state index in [0.29, 0.717) is 10.9 Å². The molecule has 11 heavy (non-hydrogen) atoms. The summed E-state index contributed by atoms with van der Waals surface area (Å²) in [5.74, 6) is 0.203. The first-order chi connectivity index (χ1) is 5.18. The van der Waals surface area contributed by atoms with Crippen LogP contribution in [0.1, 0.15) is 18.2 Å². The van der Waals surface area contributed by atoms with Gasteiger partial charge in [-0.25, -0.2) is 4.98 Å². The SMILES string of the molecule is CC(=O)CCc1cnc(Cl)s1. The second-order valence-electron chi connectivity index (χ2n) is 2.28. The van der Waals surface area contributed by atoms with E-state index >= 15 is 0 Å². The summed E-state index contributed by atoms with van der Waals surface area (Å²) in [7, 11) is 0. The molecule has 0 N–H and O–H groups in total. The molecule has 1 heterocycles. The second kappa shape index (κ2) is 3.83. The van der Waals surface area contributed by atoms with Crippen molar-refractivity contribution in [2.24, 2.45) is 0 Å². The Bertz CT molecular complexity index is 259. The molecule has 0 bridgehead atoms. The van der Waals surface area contributed by atoms with Gasteiger partial charge in [-0.1, -0.05) is 11.6 Å². The number of ketones is 1. The van der Waals surface area contributed by atoms with Crippen LogP contribution in [-0.2, 0) is 11.2 Å². The lowest BCUT2D eigenvalue weighted by Gasteiger charge is -1.89. The van der Waals surface area contributed by atoms with Gasteiger partial charge in [0.1, 0.15) is 5.78 Å². The molecule has 0 atom stereocenters. The van der Waals surface area contributed by atoms with Crippen LogP contribution in [0.4, 0.5) is 0 Å². The maximum absolute atomic E-state index is 10.6. The summed E-state index contributed by atoms with van der Waals surface area (Å²) < 4.78 is 0.545. The standard InChI is InChI=1S/C7H8ClNOS/c1-5(10)2-3-6-4-9-7(8)11-6/h4H,2-3H2,1H3. The van der Waals surface area contributed by atoms with Crippen LogP contribution in [-0.4, -0.2) is 10.8 Å². The molecule has 1 aromatic heterocycles. The molecule has 1 rings (SSSR count). The molecule has 0 amide bonds. The maximum atomic E-state index is 10.6. The smallest absolute Gasteiger partial charge is 0.183 e. The lowest BCUT2D eigenvalue weighted by molar-refractivity contribution is -0.116. The van der Waals surface area contributed by atoms with Gasteiger partial charge in [-0.3, -0.25) is 0 Å². The normalized spacial score (nSPS) is 10.0. The van der Waals surface area contributed by atoms with Crippen LogP contribution in [0.15, 0.2) is 6.20 Å². The topological polar surface area (TPSA) is 30.0 Å². The summed E-state index contributed by atoms with van der Waals surface area (Å²) in [6.45, 7) is 1.59. The van der Waals surface area contributed by atoms with Crippen LogP contribution in [0.2, 0.25) is 4.47 Å². The molecule has 0 aromatic carbocycles. The number of carbonyl (C=O) groups excluding carboxylic acids is 1. The van der Waals surface area contributed by atoms with Gasteiger partial charge in [0, 0.05) is 17.5 Å². The van der Waals surface area contributed by atoms with Crippen LogP contribution >= 0.6 is 22.9 Å². The highest BCUT2D eigenvalue weighted by molar-refractivity contribution is 7.15. The summed E-state index contributed by atoms with van der Waals surface area (Å²) in [5.41, 5.74) is 0. The fourth-order valence-electron chi connectivity index (χ4n) is 0.698. The van der Waals surface area contributed by atoms with Gasteiger partial charge in [0.2, 0.25) is 0 Å². The van der Waals surface area contributed by atoms with Gasteiger partial charge in [0.25, 0.3) is 0 Å². The average Bonchev–Trinajstić information content (AvgIpc) is 2.31. The maximum Gasteiger partial charge on any atom is 0.183 e. The van der Waals surface area contributed by atoms with Crippen LogP contribution in [0.25, 0.3) is 0 Å². The van der Waals surface area contributed by atoms with E-state index in [0.717, 1.165) is 11.3 Å². The Morgan fingerprint density at radius 3 is 3.00 bits per heavy atom. The zero-order valence-electron chi connectivity index (χ0n) is 6.13. The Balaban J connectivity index is 2.45. The van der Waals surface area contributed by atoms with E-state index in [9.17, 15) is 4.79 Å². The Morgan fingerprint density at radius 1 is 1.82 bits per heavy atom. The zero-order chi connectivity index (χ0) is 8.27. The van der Waals surface area contributed by atoms with E-state index in [4.69, 9.17) is 11.6 Å². The molecule has 0 unspecified atom stereocenters. The number of nitrogens with zero attached hydrogens (tertiary/aromatic N) is 1. The second-order valence-corrected chi connectivity index (χ2v) is 3.98. The number of carbonyl (C=O) groups is 1. The third-order valence-electron chi connectivity index (χ3n) is 1.25. The predicted octanol–water partition coefficient (Wildman–Crippen LogP) is 2.32. The summed E-state index contributed by atoms with van der Waals surface area (Å²) in [4.78, 5) is 15.5. The highest BCUT2D eigenvalue weighted by Crippen LogP contribution is 2.18. The van der Waals surface area contributed by atoms with Gasteiger partial charge in [-0.05, 0) is 13.3 Å². The first-order valence-corrected chi connectivity index (χ1v) is 4.47. The van der Waals surface area contributed by atoms with Crippen molar-refractivity contribution in [2.45, 2.75) is 19.8 Å². The number of rotatable bonds is 3. The van der Waals surface area contributed by atoms with Gasteiger partial charge in [-0.15, -0.1) is 11.3 Å². The molecule has 2 nitrogen and oxygen atoms in total. The Hall–Kier alpha value is -0.410. The molecule has 4 heteroatoms. The van der Waals surface area contributed by atoms with Crippen molar-refractivity contribution >= 4 is 28.7 Å². The Kier molecular flexibility index (Phi) is 3.02. The van der Waals surface area contributed by atoms with E-state index in [-0.39, 0.29) is 5.78 Å². The van der Waals surface area contributed by atoms with Crippen molar-refractivity contribution in [1.82, 2.24) is 4.98 Å². The van der Waals surface area contributed by atoms with Crippen molar-refractivity contribution < 1.29 is 4.79 Å². The van der Waals surface area contributed by atoms with Crippen LogP contribution in [0, 0.1) is 0 Å². The molecule has 1 aromatic rings. The number of halogens is 1. The molecular formula is C7H8ClNOS. The Labute approximate surface area is 74.2 Å².